The molecule has 0 radical (unpaired) electrons. The third-order valence-corrected chi connectivity index (χ3v) is 9.68. The first kappa shape index (κ1) is 35.6. The third-order valence-electron chi connectivity index (χ3n) is 8.69. The van der Waals surface area contributed by atoms with Gasteiger partial charge in [0.25, 0.3) is 0 Å². The lowest BCUT2D eigenvalue weighted by Gasteiger charge is -2.33. The van der Waals surface area contributed by atoms with Crippen LogP contribution >= 0.6 is 22.6 Å². The molecule has 0 spiro atoms. The van der Waals surface area contributed by atoms with Crippen LogP contribution < -0.4 is 0 Å². The maximum absolute atomic E-state index is 12.7. The monoisotopic (exact) mass is 812 g/mol. The first-order chi connectivity index (χ1) is 24.6. The van der Waals surface area contributed by atoms with Gasteiger partial charge in [-0.2, -0.15) is 0 Å². The van der Waals surface area contributed by atoms with Gasteiger partial charge in [-0.3, -0.25) is 19.4 Å². The lowest BCUT2D eigenvalue weighted by molar-refractivity contribution is -0.166. The zero-order valence-electron chi connectivity index (χ0n) is 27.1. The predicted molar refractivity (Wildman–Crippen MR) is 183 cm³/mol. The molecule has 5 fully saturated rings. The van der Waals surface area contributed by atoms with Crippen LogP contribution in [0.1, 0.15) is 36.8 Å². The average Bonchev–Trinajstić information content (AvgIpc) is 3.77. The number of halogens is 1. The van der Waals surface area contributed by atoms with E-state index in [0.29, 0.717) is 16.4 Å². The number of rotatable bonds is 10. The number of amides is 2. The topological polar surface area (TPSA) is 175 Å². The van der Waals surface area contributed by atoms with Crippen LogP contribution in [0.25, 0.3) is 0 Å². The van der Waals surface area contributed by atoms with Crippen molar-refractivity contribution < 1.29 is 57.6 Å². The second-order valence-electron chi connectivity index (χ2n) is 12.0. The molecule has 51 heavy (non-hydrogen) atoms. The fourth-order valence-corrected chi connectivity index (χ4v) is 6.61. The number of cyclic esters (lactones) is 1. The quantitative estimate of drug-likeness (QED) is 0.0707. The fraction of sp³-hybridized carbons (Fsp3) is 0.333. The number of β-lactam (4-membered cyclic amide) rings is 2. The summed E-state index contributed by atoms with van der Waals surface area (Å²) in [6.07, 6.45) is 0.747. The van der Waals surface area contributed by atoms with E-state index in [2.05, 4.69) is 29.2 Å². The molecule has 15 heteroatoms. The molecular weight excluding hydrogens is 779 g/mol. The Balaban J connectivity index is 0.000000176. The highest BCUT2D eigenvalue weighted by atomic mass is 127. The Kier molecular flexibility index (Phi) is 10.7. The van der Waals surface area contributed by atoms with Gasteiger partial charge < -0.3 is 28.8 Å². The first-order valence-electron chi connectivity index (χ1n) is 16.0. The van der Waals surface area contributed by atoms with E-state index < -0.39 is 48.4 Å². The minimum absolute atomic E-state index is 0.0158. The van der Waals surface area contributed by atoms with Crippen LogP contribution in [0.3, 0.4) is 0 Å². The van der Waals surface area contributed by atoms with Crippen molar-refractivity contribution in [2.75, 3.05) is 4.43 Å². The largest absolute Gasteiger partial charge is 0.478 e. The summed E-state index contributed by atoms with van der Waals surface area (Å²) >= 11 is 2.14. The van der Waals surface area contributed by atoms with Gasteiger partial charge in [0, 0.05) is 17.3 Å². The van der Waals surface area contributed by atoms with Gasteiger partial charge in [-0.15, -0.1) is 6.58 Å². The van der Waals surface area contributed by atoms with Gasteiger partial charge in [0.1, 0.15) is 30.8 Å². The standard InChI is InChI=1S/C18H16INO6.C18H17NO6/c19-8-11-6-12(17(22)25-11)16-15(20-13(21)7-14(20)26-16)18(23)24-9-10-4-2-1-3-5-10;1-2-6-12(17(21)22)16-15(19-13(20)9-14(19)25-16)18(23)24-10-11-7-4-3-5-8-11/h1-5,11,14-15H,6-9H2;2-5,7-8,14-15H,1,6,9-10H2,(H,21,22)/t11?,14-,15?;14-,15?/m11/s1. The van der Waals surface area contributed by atoms with E-state index in [9.17, 15) is 33.9 Å². The number of alkyl halides is 1. The Labute approximate surface area is 305 Å². The molecule has 3 unspecified atom stereocenters. The molecule has 2 aromatic carbocycles. The number of benzene rings is 2. The third kappa shape index (κ3) is 7.34. The number of carbonyl (C=O) groups is 6. The molecule has 5 aliphatic heterocycles. The number of nitrogens with zero attached hydrogens (tertiary/aromatic N) is 2. The van der Waals surface area contributed by atoms with Crippen LogP contribution in [0.2, 0.25) is 0 Å². The molecule has 2 amide bonds. The van der Waals surface area contributed by atoms with E-state index >= 15 is 0 Å². The minimum Gasteiger partial charge on any atom is -0.478 e. The van der Waals surface area contributed by atoms with Gasteiger partial charge in [-0.05, 0) is 11.1 Å². The summed E-state index contributed by atoms with van der Waals surface area (Å²) in [6, 6.07) is 16.1. The van der Waals surface area contributed by atoms with Crippen molar-refractivity contribution in [2.45, 2.75) is 69.5 Å². The lowest BCUT2D eigenvalue weighted by atomic mass is 10.0. The maximum Gasteiger partial charge on any atom is 0.337 e. The summed E-state index contributed by atoms with van der Waals surface area (Å²) in [5.74, 6) is -3.32. The van der Waals surface area contributed by atoms with Crippen LogP contribution in [0.15, 0.2) is 96.0 Å². The van der Waals surface area contributed by atoms with Gasteiger partial charge in [-0.25, -0.2) is 19.2 Å². The highest BCUT2D eigenvalue weighted by Crippen LogP contribution is 2.41. The molecule has 14 nitrogen and oxygen atoms in total. The van der Waals surface area contributed by atoms with Gasteiger partial charge >= 0.3 is 23.9 Å². The number of esters is 3. The van der Waals surface area contributed by atoms with Crippen molar-refractivity contribution in [3.63, 3.8) is 0 Å². The minimum atomic E-state index is -1.22. The number of ether oxygens (including phenoxy) is 5. The van der Waals surface area contributed by atoms with Crippen molar-refractivity contribution in [3.05, 3.63) is 107 Å². The van der Waals surface area contributed by atoms with Crippen molar-refractivity contribution in [3.8, 4) is 0 Å². The van der Waals surface area contributed by atoms with E-state index in [0.717, 1.165) is 11.1 Å². The molecule has 0 bridgehead atoms. The van der Waals surface area contributed by atoms with Gasteiger partial charge in [0.05, 0.1) is 24.0 Å². The number of fused-ring (bicyclic) bond motifs is 2. The summed E-state index contributed by atoms with van der Waals surface area (Å²) in [5.41, 5.74) is 1.86. The summed E-state index contributed by atoms with van der Waals surface area (Å²) < 4.78 is 27.9. The zero-order chi connectivity index (χ0) is 36.2. The van der Waals surface area contributed by atoms with E-state index in [-0.39, 0.29) is 67.5 Å². The molecule has 1 N–H and O–H groups in total. The molecule has 0 aromatic heterocycles. The van der Waals surface area contributed by atoms with Gasteiger partial charge in [0.15, 0.2) is 24.5 Å². The van der Waals surface area contributed by atoms with Crippen molar-refractivity contribution in [2.24, 2.45) is 0 Å². The van der Waals surface area contributed by atoms with E-state index in [1.807, 2.05) is 48.5 Å². The van der Waals surface area contributed by atoms with Gasteiger partial charge in [-0.1, -0.05) is 89.3 Å². The van der Waals surface area contributed by atoms with E-state index in [1.54, 1.807) is 12.1 Å². The Hall–Kier alpha value is -5.19. The summed E-state index contributed by atoms with van der Waals surface area (Å²) in [4.78, 5) is 75.3. The van der Waals surface area contributed by atoms with Crippen LogP contribution in [0.5, 0.6) is 0 Å². The Morgan fingerprint density at radius 1 is 0.804 bits per heavy atom. The Bertz CT molecular complexity index is 1810. The second-order valence-corrected chi connectivity index (χ2v) is 12.9. The predicted octanol–water partition coefficient (Wildman–Crippen LogP) is 3.29. The molecule has 5 saturated heterocycles. The number of carbonyl (C=O) groups excluding carboxylic acids is 5. The molecular formula is C36H33IN2O12. The average molecular weight is 813 g/mol. The molecule has 5 heterocycles. The zero-order valence-corrected chi connectivity index (χ0v) is 29.3. The molecule has 0 saturated carbocycles. The van der Waals surface area contributed by atoms with E-state index in [1.165, 1.54) is 15.9 Å². The highest BCUT2D eigenvalue weighted by molar-refractivity contribution is 14.1. The number of aliphatic carboxylic acids is 1. The highest BCUT2D eigenvalue weighted by Gasteiger charge is 2.57. The number of carboxylic acid groups (broad SMARTS) is 1. The summed E-state index contributed by atoms with van der Waals surface area (Å²) in [6.45, 7) is 3.64. The van der Waals surface area contributed by atoms with Gasteiger partial charge in [0.2, 0.25) is 11.8 Å². The fourth-order valence-electron chi connectivity index (χ4n) is 6.12. The number of hydrogen-bond donors (Lipinski definition) is 1. The Morgan fingerprint density at radius 2 is 1.33 bits per heavy atom. The van der Waals surface area contributed by atoms with Crippen molar-refractivity contribution in [1.29, 1.82) is 0 Å². The second kappa shape index (κ2) is 15.4. The number of carboxylic acids is 1. The number of allylic oxidation sites excluding steroid dienone is 1. The van der Waals surface area contributed by atoms with Crippen LogP contribution in [-0.2, 0) is 65.7 Å². The molecule has 5 atom stereocenters. The molecule has 5 aliphatic rings. The molecule has 266 valence electrons. The summed E-state index contributed by atoms with van der Waals surface area (Å²) in [7, 11) is 0. The van der Waals surface area contributed by atoms with Crippen LogP contribution in [-0.4, -0.2) is 85.7 Å². The molecule has 7 rings (SSSR count). The smallest absolute Gasteiger partial charge is 0.337 e. The first-order valence-corrected chi connectivity index (χ1v) is 17.6. The SMILES string of the molecule is C=CCC(C(=O)O)=C1O[C@@H]2CC(=O)N2C1C(=O)OCc1ccccc1.O=C1OC(CI)CC1=C1O[C@@H]2CC(=O)N2C1C(=O)OCc1ccccc1. The molecule has 2 aromatic rings. The summed E-state index contributed by atoms with van der Waals surface area (Å²) in [5, 5.41) is 9.39. The normalized spacial score (nSPS) is 26.5. The van der Waals surface area contributed by atoms with Crippen LogP contribution in [0.4, 0.5) is 0 Å². The lowest BCUT2D eigenvalue weighted by Crippen LogP contribution is -2.55. The maximum atomic E-state index is 12.7. The number of hydrogen-bond acceptors (Lipinski definition) is 11. The van der Waals surface area contributed by atoms with Crippen molar-refractivity contribution in [1.82, 2.24) is 9.80 Å². The van der Waals surface area contributed by atoms with Crippen LogP contribution in [0, 0.1) is 0 Å². The van der Waals surface area contributed by atoms with Crippen molar-refractivity contribution >= 4 is 58.3 Å². The molecule has 0 aliphatic carbocycles. The van der Waals surface area contributed by atoms with E-state index in [4.69, 9.17) is 23.7 Å². The Morgan fingerprint density at radius 3 is 1.82 bits per heavy atom.